The lowest BCUT2D eigenvalue weighted by Crippen LogP contribution is -2.44. The van der Waals surface area contributed by atoms with Gasteiger partial charge < -0.3 is 16.0 Å². The van der Waals surface area contributed by atoms with Gasteiger partial charge in [0.05, 0.1) is 16.7 Å². The van der Waals surface area contributed by atoms with Gasteiger partial charge in [-0.2, -0.15) is 0 Å². The van der Waals surface area contributed by atoms with E-state index in [1.54, 1.807) is 6.92 Å². The molecule has 0 aromatic heterocycles. The van der Waals surface area contributed by atoms with Gasteiger partial charge in [-0.05, 0) is 19.1 Å². The van der Waals surface area contributed by atoms with Crippen molar-refractivity contribution in [2.45, 2.75) is 13.0 Å². The van der Waals surface area contributed by atoms with E-state index in [0.29, 0.717) is 6.07 Å². The van der Waals surface area contributed by atoms with Gasteiger partial charge in [-0.3, -0.25) is 0 Å². The van der Waals surface area contributed by atoms with Gasteiger partial charge in [0.25, 0.3) is 0 Å². The van der Waals surface area contributed by atoms with Crippen LogP contribution in [-0.4, -0.2) is 29.0 Å². The molecular formula is C11H13F2N3OS. The first-order valence-corrected chi connectivity index (χ1v) is 5.52. The van der Waals surface area contributed by atoms with E-state index in [4.69, 9.17) is 18.0 Å². The van der Waals surface area contributed by atoms with Crippen LogP contribution in [0.4, 0.5) is 19.3 Å². The van der Waals surface area contributed by atoms with Gasteiger partial charge in [-0.1, -0.05) is 12.2 Å². The highest BCUT2D eigenvalue weighted by molar-refractivity contribution is 7.80. The second kappa shape index (κ2) is 5.72. The Morgan fingerprint density at radius 2 is 2.11 bits per heavy atom. The van der Waals surface area contributed by atoms with Crippen LogP contribution in [0.2, 0.25) is 0 Å². The van der Waals surface area contributed by atoms with Crippen LogP contribution in [0.15, 0.2) is 18.2 Å². The number of halogens is 2. The summed E-state index contributed by atoms with van der Waals surface area (Å²) in [5, 5.41) is 2.30. The molecule has 4 nitrogen and oxygen atoms in total. The monoisotopic (exact) mass is 273 g/mol. The Morgan fingerprint density at radius 1 is 1.50 bits per heavy atom. The number of nitrogens with zero attached hydrogens (tertiary/aromatic N) is 1. The van der Waals surface area contributed by atoms with Crippen molar-refractivity contribution in [3.05, 3.63) is 29.8 Å². The summed E-state index contributed by atoms with van der Waals surface area (Å²) in [6.45, 7) is 1.64. The van der Waals surface area contributed by atoms with Crippen molar-refractivity contribution in [1.82, 2.24) is 4.90 Å². The van der Waals surface area contributed by atoms with Gasteiger partial charge in [0.1, 0.15) is 11.6 Å². The van der Waals surface area contributed by atoms with E-state index in [1.807, 2.05) is 0 Å². The average Bonchev–Trinajstić information content (AvgIpc) is 2.30. The molecule has 0 spiro atoms. The topological polar surface area (TPSA) is 58.4 Å². The lowest BCUT2D eigenvalue weighted by molar-refractivity contribution is 0.218. The van der Waals surface area contributed by atoms with Crippen molar-refractivity contribution in [1.29, 1.82) is 0 Å². The van der Waals surface area contributed by atoms with Gasteiger partial charge in [0.15, 0.2) is 0 Å². The van der Waals surface area contributed by atoms with Crippen LogP contribution in [0.3, 0.4) is 0 Å². The molecule has 1 rings (SSSR count). The van der Waals surface area contributed by atoms with Crippen molar-refractivity contribution in [2.24, 2.45) is 5.73 Å². The Labute approximate surface area is 109 Å². The van der Waals surface area contributed by atoms with E-state index < -0.39 is 23.7 Å². The summed E-state index contributed by atoms with van der Waals surface area (Å²) in [5.41, 5.74) is 5.30. The zero-order chi connectivity index (χ0) is 13.9. The highest BCUT2D eigenvalue weighted by Crippen LogP contribution is 2.15. The fourth-order valence-electron chi connectivity index (χ4n) is 1.16. The van der Waals surface area contributed by atoms with Crippen molar-refractivity contribution in [3.63, 3.8) is 0 Å². The molecule has 7 heteroatoms. The Bertz CT molecular complexity index is 481. The lowest BCUT2D eigenvalue weighted by Gasteiger charge is -2.24. The highest BCUT2D eigenvalue weighted by atomic mass is 32.1. The molecule has 0 fully saturated rings. The summed E-state index contributed by atoms with van der Waals surface area (Å²) in [5.74, 6) is -1.56. The number of rotatable bonds is 3. The second-order valence-corrected chi connectivity index (χ2v) is 4.21. The molecule has 2 amide bonds. The standard InChI is InChI=1S/C11H13F2N3OS/c1-6(10(14)18)16(2)11(17)15-9-4-3-7(12)5-8(9)13/h3-6H,1-2H3,(H2,14,18)(H,15,17). The number of likely N-dealkylation sites (N-methyl/N-ethyl adjacent to an activating group) is 1. The molecule has 1 aromatic carbocycles. The van der Waals surface area contributed by atoms with Gasteiger partial charge in [0, 0.05) is 13.1 Å². The molecule has 0 heterocycles. The van der Waals surface area contributed by atoms with Crippen LogP contribution in [0.25, 0.3) is 0 Å². The minimum Gasteiger partial charge on any atom is -0.392 e. The number of carbonyl (C=O) groups is 1. The van der Waals surface area contributed by atoms with Gasteiger partial charge in [-0.15, -0.1) is 0 Å². The van der Waals surface area contributed by atoms with Gasteiger partial charge in [0.2, 0.25) is 0 Å². The van der Waals surface area contributed by atoms with Crippen LogP contribution in [0, 0.1) is 11.6 Å². The van der Waals surface area contributed by atoms with Crippen LogP contribution in [0.5, 0.6) is 0 Å². The van der Waals surface area contributed by atoms with Crippen molar-refractivity contribution >= 4 is 28.9 Å². The van der Waals surface area contributed by atoms with Gasteiger partial charge >= 0.3 is 6.03 Å². The summed E-state index contributed by atoms with van der Waals surface area (Å²) in [4.78, 5) is 13.1. The van der Waals surface area contributed by atoms with E-state index in [-0.39, 0.29) is 10.7 Å². The molecular weight excluding hydrogens is 260 g/mol. The molecule has 0 aliphatic carbocycles. The lowest BCUT2D eigenvalue weighted by atomic mass is 10.3. The van der Waals surface area contributed by atoms with Crippen LogP contribution >= 0.6 is 12.2 Å². The molecule has 1 aromatic rings. The summed E-state index contributed by atoms with van der Waals surface area (Å²) < 4.78 is 26.0. The fourth-order valence-corrected chi connectivity index (χ4v) is 1.32. The number of thiocarbonyl (C=S) groups is 1. The number of nitrogens with one attached hydrogen (secondary N) is 1. The average molecular weight is 273 g/mol. The smallest absolute Gasteiger partial charge is 0.322 e. The first kappa shape index (κ1) is 14.3. The molecule has 3 N–H and O–H groups in total. The second-order valence-electron chi connectivity index (χ2n) is 3.74. The minimum atomic E-state index is -0.847. The minimum absolute atomic E-state index is 0.108. The summed E-state index contributed by atoms with van der Waals surface area (Å²) >= 11 is 4.75. The quantitative estimate of drug-likeness (QED) is 0.829. The fraction of sp³-hybridized carbons (Fsp3) is 0.273. The summed E-state index contributed by atoms with van der Waals surface area (Å²) in [6.07, 6.45) is 0. The van der Waals surface area contributed by atoms with Crippen molar-refractivity contribution in [3.8, 4) is 0 Å². The van der Waals surface area contributed by atoms with E-state index in [1.165, 1.54) is 11.9 Å². The third kappa shape index (κ3) is 3.36. The van der Waals surface area contributed by atoms with Crippen molar-refractivity contribution in [2.75, 3.05) is 12.4 Å². The normalized spacial score (nSPS) is 11.8. The highest BCUT2D eigenvalue weighted by Gasteiger charge is 2.18. The SMILES string of the molecule is CC(C(N)=S)N(C)C(=O)Nc1ccc(F)cc1F. The predicted octanol–water partition coefficient (Wildman–Crippen LogP) is 2.10. The maximum Gasteiger partial charge on any atom is 0.322 e. The molecule has 98 valence electrons. The number of nitrogens with two attached hydrogens (primary N) is 1. The Hall–Kier alpha value is -1.76. The Morgan fingerprint density at radius 3 is 2.61 bits per heavy atom. The first-order valence-electron chi connectivity index (χ1n) is 5.11. The van der Waals surface area contributed by atoms with Crippen LogP contribution < -0.4 is 11.1 Å². The van der Waals surface area contributed by atoms with E-state index in [9.17, 15) is 13.6 Å². The number of urea groups is 1. The van der Waals surface area contributed by atoms with Crippen LogP contribution in [0.1, 0.15) is 6.92 Å². The van der Waals surface area contributed by atoms with Crippen molar-refractivity contribution < 1.29 is 13.6 Å². The molecule has 0 aliphatic heterocycles. The Kier molecular flexibility index (Phi) is 4.55. The van der Waals surface area contributed by atoms with E-state index in [0.717, 1.165) is 12.1 Å². The molecule has 18 heavy (non-hydrogen) atoms. The maximum atomic E-state index is 13.3. The number of hydrogen-bond donors (Lipinski definition) is 2. The van der Waals surface area contributed by atoms with E-state index >= 15 is 0 Å². The number of benzene rings is 1. The summed E-state index contributed by atoms with van der Waals surface area (Å²) in [6, 6.07) is 1.83. The third-order valence-electron chi connectivity index (χ3n) is 2.49. The predicted molar refractivity (Wildman–Crippen MR) is 69.4 cm³/mol. The molecule has 1 unspecified atom stereocenters. The molecule has 0 bridgehead atoms. The Balaban J connectivity index is 2.78. The zero-order valence-electron chi connectivity index (χ0n) is 9.91. The molecule has 0 saturated heterocycles. The first-order chi connectivity index (χ1) is 8.32. The van der Waals surface area contributed by atoms with Crippen LogP contribution in [-0.2, 0) is 0 Å². The molecule has 0 saturated carbocycles. The molecule has 0 radical (unpaired) electrons. The number of carbonyl (C=O) groups excluding carboxylic acids is 1. The zero-order valence-corrected chi connectivity index (χ0v) is 10.7. The van der Waals surface area contributed by atoms with E-state index in [2.05, 4.69) is 5.32 Å². The number of hydrogen-bond acceptors (Lipinski definition) is 2. The maximum absolute atomic E-state index is 13.3. The largest absolute Gasteiger partial charge is 0.392 e. The summed E-state index contributed by atoms with van der Waals surface area (Å²) in [7, 11) is 1.47. The van der Waals surface area contributed by atoms with Gasteiger partial charge in [-0.25, -0.2) is 13.6 Å². The molecule has 0 aliphatic rings. The number of anilines is 1. The third-order valence-corrected chi connectivity index (χ3v) is 2.83. The molecule has 1 atom stereocenters. The number of amides is 2.